The molecule has 2 N–H and O–H groups in total. The van der Waals surface area contributed by atoms with Gasteiger partial charge in [-0.05, 0) is 29.8 Å². The zero-order valence-corrected chi connectivity index (χ0v) is 8.63. The van der Waals surface area contributed by atoms with E-state index < -0.39 is 0 Å². The molecule has 0 radical (unpaired) electrons. The molecule has 2 aromatic carbocycles. The van der Waals surface area contributed by atoms with Gasteiger partial charge in [0.05, 0.1) is 0 Å². The van der Waals surface area contributed by atoms with Crippen molar-refractivity contribution in [3.63, 3.8) is 0 Å². The van der Waals surface area contributed by atoms with Crippen molar-refractivity contribution in [2.75, 3.05) is 5.73 Å². The van der Waals surface area contributed by atoms with E-state index in [1.807, 2.05) is 6.07 Å². The number of hydrogen-bond donors (Lipinski definition) is 1. The third-order valence-electron chi connectivity index (χ3n) is 2.17. The van der Waals surface area contributed by atoms with Crippen molar-refractivity contribution in [3.05, 3.63) is 53.3 Å². The maximum atomic E-state index is 12.7. The van der Waals surface area contributed by atoms with Gasteiger partial charge in [-0.1, -0.05) is 29.8 Å². The van der Waals surface area contributed by atoms with Gasteiger partial charge in [-0.25, -0.2) is 4.39 Å². The maximum Gasteiger partial charge on any atom is 0.123 e. The van der Waals surface area contributed by atoms with Crippen LogP contribution in [0.25, 0.3) is 11.1 Å². The molecule has 15 heavy (non-hydrogen) atoms. The van der Waals surface area contributed by atoms with E-state index in [4.69, 9.17) is 17.3 Å². The summed E-state index contributed by atoms with van der Waals surface area (Å²) in [5.74, 6) is -0.258. The third-order valence-corrected chi connectivity index (χ3v) is 2.40. The molecular weight excluding hydrogens is 213 g/mol. The van der Waals surface area contributed by atoms with Crippen LogP contribution in [0, 0.1) is 5.82 Å². The smallest absolute Gasteiger partial charge is 0.123 e. The van der Waals surface area contributed by atoms with Crippen LogP contribution in [0.3, 0.4) is 0 Å². The lowest BCUT2D eigenvalue weighted by molar-refractivity contribution is 0.628. The second kappa shape index (κ2) is 3.91. The minimum atomic E-state index is -0.258. The molecular formula is C12H9ClFN. The second-order valence-electron chi connectivity index (χ2n) is 3.24. The highest BCUT2D eigenvalue weighted by Gasteiger charge is 2.02. The summed E-state index contributed by atoms with van der Waals surface area (Å²) in [6.45, 7) is 0. The molecule has 0 fully saturated rings. The van der Waals surface area contributed by atoms with Crippen LogP contribution in [0.15, 0.2) is 42.5 Å². The molecule has 0 aliphatic rings. The zero-order valence-electron chi connectivity index (χ0n) is 7.87. The van der Waals surface area contributed by atoms with Gasteiger partial charge in [0.25, 0.3) is 0 Å². The van der Waals surface area contributed by atoms with Gasteiger partial charge in [-0.2, -0.15) is 0 Å². The number of nitrogens with two attached hydrogens (primary N) is 1. The summed E-state index contributed by atoms with van der Waals surface area (Å²) in [7, 11) is 0. The van der Waals surface area contributed by atoms with Crippen LogP contribution < -0.4 is 5.73 Å². The summed E-state index contributed by atoms with van der Waals surface area (Å²) in [5.41, 5.74) is 8.15. The number of nitrogen functional groups attached to an aromatic ring is 1. The Kier molecular flexibility index (Phi) is 2.60. The Morgan fingerprint density at radius 1 is 1.00 bits per heavy atom. The molecule has 76 valence electrons. The van der Waals surface area contributed by atoms with Crippen LogP contribution in [-0.4, -0.2) is 0 Å². The van der Waals surface area contributed by atoms with Gasteiger partial charge in [0.15, 0.2) is 0 Å². The topological polar surface area (TPSA) is 26.0 Å². The maximum absolute atomic E-state index is 12.7. The van der Waals surface area contributed by atoms with E-state index in [1.165, 1.54) is 12.1 Å². The first-order valence-corrected chi connectivity index (χ1v) is 4.85. The first-order valence-electron chi connectivity index (χ1n) is 4.48. The summed E-state index contributed by atoms with van der Waals surface area (Å²) >= 11 is 5.79. The van der Waals surface area contributed by atoms with Gasteiger partial charge < -0.3 is 5.73 Å². The molecule has 2 rings (SSSR count). The van der Waals surface area contributed by atoms with Crippen LogP contribution in [-0.2, 0) is 0 Å². The standard InChI is InChI=1S/C12H9ClFN/c13-9-3-6-11(12(15)7-9)8-1-4-10(14)5-2-8/h1-7H,15H2. The largest absolute Gasteiger partial charge is 0.398 e. The number of benzene rings is 2. The van der Waals surface area contributed by atoms with Gasteiger partial charge in [-0.15, -0.1) is 0 Å². The van der Waals surface area contributed by atoms with E-state index in [0.717, 1.165) is 11.1 Å². The molecule has 0 aromatic heterocycles. The van der Waals surface area contributed by atoms with Crippen LogP contribution in [0.5, 0.6) is 0 Å². The summed E-state index contributed by atoms with van der Waals surface area (Å²) in [5, 5.41) is 0.596. The van der Waals surface area contributed by atoms with E-state index in [9.17, 15) is 4.39 Å². The summed E-state index contributed by atoms with van der Waals surface area (Å²) in [6.07, 6.45) is 0. The molecule has 0 aliphatic carbocycles. The molecule has 0 bridgehead atoms. The molecule has 0 aliphatic heterocycles. The number of halogens is 2. The fourth-order valence-electron chi connectivity index (χ4n) is 1.43. The van der Waals surface area contributed by atoms with Gasteiger partial charge in [0.2, 0.25) is 0 Å². The number of anilines is 1. The molecule has 0 spiro atoms. The highest BCUT2D eigenvalue weighted by molar-refractivity contribution is 6.31. The molecule has 0 saturated carbocycles. The average molecular weight is 222 g/mol. The monoisotopic (exact) mass is 221 g/mol. The molecule has 2 aromatic rings. The Hall–Kier alpha value is -1.54. The molecule has 0 saturated heterocycles. The predicted octanol–water partition coefficient (Wildman–Crippen LogP) is 3.73. The van der Waals surface area contributed by atoms with Crippen LogP contribution in [0.4, 0.5) is 10.1 Å². The Labute approximate surface area is 92.3 Å². The fraction of sp³-hybridized carbons (Fsp3) is 0. The number of hydrogen-bond acceptors (Lipinski definition) is 1. The Balaban J connectivity index is 2.49. The van der Waals surface area contributed by atoms with Crippen molar-refractivity contribution in [1.29, 1.82) is 0 Å². The van der Waals surface area contributed by atoms with Gasteiger partial charge in [0, 0.05) is 16.3 Å². The van der Waals surface area contributed by atoms with Crippen LogP contribution in [0.2, 0.25) is 5.02 Å². The minimum absolute atomic E-state index is 0.258. The van der Waals surface area contributed by atoms with E-state index in [-0.39, 0.29) is 5.82 Å². The van der Waals surface area contributed by atoms with Crippen LogP contribution >= 0.6 is 11.6 Å². The summed E-state index contributed by atoms with van der Waals surface area (Å²) < 4.78 is 12.7. The first-order chi connectivity index (χ1) is 7.16. The normalized spacial score (nSPS) is 10.3. The average Bonchev–Trinajstić information content (AvgIpc) is 2.20. The highest BCUT2D eigenvalue weighted by atomic mass is 35.5. The van der Waals surface area contributed by atoms with Gasteiger partial charge >= 0.3 is 0 Å². The minimum Gasteiger partial charge on any atom is -0.398 e. The van der Waals surface area contributed by atoms with Gasteiger partial charge in [0.1, 0.15) is 5.82 Å². The quantitative estimate of drug-likeness (QED) is 0.730. The Morgan fingerprint density at radius 3 is 2.27 bits per heavy atom. The predicted molar refractivity (Wildman–Crippen MR) is 61.3 cm³/mol. The summed E-state index contributed by atoms with van der Waals surface area (Å²) in [4.78, 5) is 0. The Morgan fingerprint density at radius 2 is 1.67 bits per heavy atom. The molecule has 3 heteroatoms. The highest BCUT2D eigenvalue weighted by Crippen LogP contribution is 2.28. The lowest BCUT2D eigenvalue weighted by Crippen LogP contribution is -1.89. The summed E-state index contributed by atoms with van der Waals surface area (Å²) in [6, 6.07) is 11.5. The third kappa shape index (κ3) is 2.10. The lowest BCUT2D eigenvalue weighted by Gasteiger charge is -2.05. The van der Waals surface area contributed by atoms with E-state index in [1.54, 1.807) is 24.3 Å². The van der Waals surface area contributed by atoms with Crippen molar-refractivity contribution in [2.45, 2.75) is 0 Å². The number of rotatable bonds is 1. The van der Waals surface area contributed by atoms with Crippen LogP contribution in [0.1, 0.15) is 0 Å². The van der Waals surface area contributed by atoms with Crippen molar-refractivity contribution in [2.24, 2.45) is 0 Å². The van der Waals surface area contributed by atoms with E-state index in [2.05, 4.69) is 0 Å². The molecule has 0 heterocycles. The van der Waals surface area contributed by atoms with Crippen molar-refractivity contribution < 1.29 is 4.39 Å². The molecule has 0 amide bonds. The molecule has 1 nitrogen and oxygen atoms in total. The SMILES string of the molecule is Nc1cc(Cl)ccc1-c1ccc(F)cc1. The first kappa shape index (κ1) is 9.99. The lowest BCUT2D eigenvalue weighted by atomic mass is 10.0. The van der Waals surface area contributed by atoms with E-state index >= 15 is 0 Å². The van der Waals surface area contributed by atoms with Crippen molar-refractivity contribution in [3.8, 4) is 11.1 Å². The molecule has 0 atom stereocenters. The fourth-order valence-corrected chi connectivity index (χ4v) is 1.61. The van der Waals surface area contributed by atoms with E-state index in [0.29, 0.717) is 10.7 Å². The van der Waals surface area contributed by atoms with Crippen molar-refractivity contribution in [1.82, 2.24) is 0 Å². The Bertz CT molecular complexity index is 479. The van der Waals surface area contributed by atoms with Gasteiger partial charge in [-0.3, -0.25) is 0 Å². The second-order valence-corrected chi connectivity index (χ2v) is 3.67. The van der Waals surface area contributed by atoms with Crippen molar-refractivity contribution >= 4 is 17.3 Å². The zero-order chi connectivity index (χ0) is 10.8. The molecule has 0 unspecified atom stereocenters.